The first-order valence-corrected chi connectivity index (χ1v) is 7.09. The van der Waals surface area contributed by atoms with Crippen LogP contribution >= 0.6 is 0 Å². The van der Waals surface area contributed by atoms with Gasteiger partial charge in [-0.1, -0.05) is 6.07 Å². The number of hydrogen-bond donors (Lipinski definition) is 2. The molecule has 4 heteroatoms. The van der Waals surface area contributed by atoms with Crippen molar-refractivity contribution in [3.05, 3.63) is 29.7 Å². The van der Waals surface area contributed by atoms with Gasteiger partial charge in [0.05, 0.1) is 0 Å². The van der Waals surface area contributed by atoms with Crippen molar-refractivity contribution in [2.75, 3.05) is 26.2 Å². The van der Waals surface area contributed by atoms with E-state index in [1.165, 1.54) is 18.5 Å². The van der Waals surface area contributed by atoms with Crippen molar-refractivity contribution >= 4 is 11.1 Å². The van der Waals surface area contributed by atoms with Gasteiger partial charge < -0.3 is 15.1 Å². The lowest BCUT2D eigenvalue weighted by atomic mass is 10.1. The van der Waals surface area contributed by atoms with Gasteiger partial charge in [0.15, 0.2) is 11.5 Å². The van der Waals surface area contributed by atoms with Crippen LogP contribution in [0.3, 0.4) is 0 Å². The van der Waals surface area contributed by atoms with Gasteiger partial charge in [-0.15, -0.1) is 0 Å². The summed E-state index contributed by atoms with van der Waals surface area (Å²) in [7, 11) is 0. The highest BCUT2D eigenvalue weighted by Gasteiger charge is 2.13. The molecular formula is C15H21N3O. The Morgan fingerprint density at radius 2 is 2.42 bits per heavy atom. The molecule has 0 amide bonds. The average molecular weight is 259 g/mol. The molecule has 2 N–H and O–H groups in total. The summed E-state index contributed by atoms with van der Waals surface area (Å²) in [4.78, 5) is 4.31. The summed E-state index contributed by atoms with van der Waals surface area (Å²) in [6.45, 7) is 6.37. The van der Waals surface area contributed by atoms with Crippen LogP contribution in [0.15, 0.2) is 22.6 Å². The summed E-state index contributed by atoms with van der Waals surface area (Å²) in [5.41, 5.74) is 3.15. The second-order valence-corrected chi connectivity index (χ2v) is 5.35. The molecule has 1 aliphatic heterocycles. The van der Waals surface area contributed by atoms with Gasteiger partial charge in [-0.25, -0.2) is 4.98 Å². The van der Waals surface area contributed by atoms with Crippen LogP contribution in [0.5, 0.6) is 0 Å². The Balaban J connectivity index is 1.50. The first-order valence-electron chi connectivity index (χ1n) is 7.09. The maximum atomic E-state index is 5.56. The minimum Gasteiger partial charge on any atom is -0.441 e. The molecule has 1 fully saturated rings. The topological polar surface area (TPSA) is 50.1 Å². The maximum absolute atomic E-state index is 5.56. The molecule has 1 unspecified atom stereocenters. The van der Waals surface area contributed by atoms with E-state index in [0.29, 0.717) is 0 Å². The van der Waals surface area contributed by atoms with Crippen molar-refractivity contribution < 1.29 is 4.42 Å². The van der Waals surface area contributed by atoms with E-state index in [0.717, 1.165) is 49.0 Å². The zero-order chi connectivity index (χ0) is 13.1. The van der Waals surface area contributed by atoms with Gasteiger partial charge in [0, 0.05) is 6.92 Å². The number of oxazole rings is 1. The van der Waals surface area contributed by atoms with E-state index >= 15 is 0 Å². The number of aromatic nitrogens is 1. The van der Waals surface area contributed by atoms with Gasteiger partial charge >= 0.3 is 0 Å². The summed E-state index contributed by atoms with van der Waals surface area (Å²) < 4.78 is 5.56. The second-order valence-electron chi connectivity index (χ2n) is 5.35. The number of hydrogen-bond acceptors (Lipinski definition) is 4. The van der Waals surface area contributed by atoms with Crippen molar-refractivity contribution in [2.45, 2.75) is 19.8 Å². The van der Waals surface area contributed by atoms with Crippen molar-refractivity contribution in [1.29, 1.82) is 0 Å². The fraction of sp³-hybridized carbons (Fsp3) is 0.533. The molecule has 19 heavy (non-hydrogen) atoms. The highest BCUT2D eigenvalue weighted by atomic mass is 16.3. The SMILES string of the molecule is Cc1nc2ccc(CCNCC3CCNC3)cc2o1. The molecule has 1 aromatic heterocycles. The van der Waals surface area contributed by atoms with Crippen LogP contribution < -0.4 is 10.6 Å². The lowest BCUT2D eigenvalue weighted by Crippen LogP contribution is -2.26. The van der Waals surface area contributed by atoms with Gasteiger partial charge in [0.2, 0.25) is 0 Å². The van der Waals surface area contributed by atoms with Crippen LogP contribution in [0.25, 0.3) is 11.1 Å². The van der Waals surface area contributed by atoms with Gasteiger partial charge in [0.1, 0.15) is 5.52 Å². The molecule has 1 aliphatic rings. The highest BCUT2D eigenvalue weighted by molar-refractivity contribution is 5.73. The van der Waals surface area contributed by atoms with E-state index in [1.54, 1.807) is 0 Å². The smallest absolute Gasteiger partial charge is 0.192 e. The molecule has 1 aromatic carbocycles. The molecule has 4 nitrogen and oxygen atoms in total. The molecule has 0 aliphatic carbocycles. The number of nitrogens with zero attached hydrogens (tertiary/aromatic N) is 1. The second kappa shape index (κ2) is 5.72. The van der Waals surface area contributed by atoms with Crippen molar-refractivity contribution in [3.8, 4) is 0 Å². The maximum Gasteiger partial charge on any atom is 0.192 e. The lowest BCUT2D eigenvalue weighted by molar-refractivity contribution is 0.515. The van der Waals surface area contributed by atoms with Crippen molar-refractivity contribution in [1.82, 2.24) is 15.6 Å². The summed E-state index contributed by atoms with van der Waals surface area (Å²) in [6.07, 6.45) is 2.34. The highest BCUT2D eigenvalue weighted by Crippen LogP contribution is 2.17. The van der Waals surface area contributed by atoms with Crippen LogP contribution in [-0.4, -0.2) is 31.2 Å². The van der Waals surface area contributed by atoms with Crippen LogP contribution in [0.1, 0.15) is 17.9 Å². The third-order valence-corrected chi connectivity index (χ3v) is 3.75. The predicted octanol–water partition coefficient (Wildman–Crippen LogP) is 1.88. The van der Waals surface area contributed by atoms with Crippen LogP contribution in [0, 0.1) is 12.8 Å². The van der Waals surface area contributed by atoms with Crippen LogP contribution in [0.4, 0.5) is 0 Å². The summed E-state index contributed by atoms with van der Waals surface area (Å²) in [5.74, 6) is 1.54. The van der Waals surface area contributed by atoms with E-state index in [1.807, 2.05) is 13.0 Å². The predicted molar refractivity (Wildman–Crippen MR) is 76.3 cm³/mol. The van der Waals surface area contributed by atoms with E-state index in [4.69, 9.17) is 4.42 Å². The molecule has 1 atom stereocenters. The molecule has 2 aromatic rings. The molecule has 3 rings (SSSR count). The molecule has 0 spiro atoms. The lowest BCUT2D eigenvalue weighted by Gasteiger charge is -2.09. The van der Waals surface area contributed by atoms with Gasteiger partial charge in [-0.3, -0.25) is 0 Å². The summed E-state index contributed by atoms with van der Waals surface area (Å²) in [6, 6.07) is 6.29. The molecule has 0 bridgehead atoms. The summed E-state index contributed by atoms with van der Waals surface area (Å²) >= 11 is 0. The van der Waals surface area contributed by atoms with Gasteiger partial charge in [0.25, 0.3) is 0 Å². The Morgan fingerprint density at radius 3 is 3.26 bits per heavy atom. The normalized spacial score (nSPS) is 19.3. The molecular weight excluding hydrogens is 238 g/mol. The van der Waals surface area contributed by atoms with Gasteiger partial charge in [-0.2, -0.15) is 0 Å². The quantitative estimate of drug-likeness (QED) is 0.805. The van der Waals surface area contributed by atoms with E-state index < -0.39 is 0 Å². The van der Waals surface area contributed by atoms with E-state index in [-0.39, 0.29) is 0 Å². The first kappa shape index (κ1) is 12.6. The third kappa shape index (κ3) is 3.14. The molecule has 0 saturated carbocycles. The van der Waals surface area contributed by atoms with Crippen molar-refractivity contribution in [3.63, 3.8) is 0 Å². The number of benzene rings is 1. The Kier molecular flexibility index (Phi) is 3.80. The Hall–Kier alpha value is -1.39. The fourth-order valence-corrected chi connectivity index (χ4v) is 2.67. The van der Waals surface area contributed by atoms with E-state index in [2.05, 4.69) is 27.8 Å². The molecule has 102 valence electrons. The standard InChI is InChI=1S/C15H21N3O/c1-11-18-14-3-2-12(8-15(14)19-11)4-6-16-9-13-5-7-17-10-13/h2-3,8,13,16-17H,4-7,9-10H2,1H3. The van der Waals surface area contributed by atoms with Crippen LogP contribution in [-0.2, 0) is 6.42 Å². The zero-order valence-corrected chi connectivity index (χ0v) is 11.4. The fourth-order valence-electron chi connectivity index (χ4n) is 2.67. The third-order valence-electron chi connectivity index (χ3n) is 3.75. The molecule has 0 radical (unpaired) electrons. The average Bonchev–Trinajstić information content (AvgIpc) is 3.02. The molecule has 1 saturated heterocycles. The first-order chi connectivity index (χ1) is 9.31. The number of aryl methyl sites for hydroxylation is 1. The largest absolute Gasteiger partial charge is 0.441 e. The monoisotopic (exact) mass is 259 g/mol. The van der Waals surface area contributed by atoms with Crippen LogP contribution in [0.2, 0.25) is 0 Å². The number of nitrogens with one attached hydrogen (secondary N) is 2. The number of rotatable bonds is 5. The summed E-state index contributed by atoms with van der Waals surface area (Å²) in [5, 5.41) is 6.94. The Morgan fingerprint density at radius 1 is 1.47 bits per heavy atom. The Labute approximate surface area is 113 Å². The molecule has 2 heterocycles. The zero-order valence-electron chi connectivity index (χ0n) is 11.4. The number of fused-ring (bicyclic) bond motifs is 1. The van der Waals surface area contributed by atoms with Gasteiger partial charge in [-0.05, 0) is 62.6 Å². The Bertz CT molecular complexity index is 543. The minimum absolute atomic E-state index is 0.735. The van der Waals surface area contributed by atoms with Crippen molar-refractivity contribution in [2.24, 2.45) is 5.92 Å². The van der Waals surface area contributed by atoms with E-state index in [9.17, 15) is 0 Å². The minimum atomic E-state index is 0.735.